The number of hydrogen-bond donors (Lipinski definition) is 1. The highest BCUT2D eigenvalue weighted by molar-refractivity contribution is 7.92. The van der Waals surface area contributed by atoms with Crippen molar-refractivity contribution in [1.29, 1.82) is 0 Å². The smallest absolute Gasteiger partial charge is 0.238 e. The number of sulfone groups is 1. The van der Waals surface area contributed by atoms with Gasteiger partial charge in [0.05, 0.1) is 5.75 Å². The molecule has 1 saturated carbocycles. The van der Waals surface area contributed by atoms with Crippen molar-refractivity contribution in [3.05, 3.63) is 35.4 Å². The first kappa shape index (κ1) is 20.9. The lowest BCUT2D eigenvalue weighted by Crippen LogP contribution is -2.40. The molecule has 1 aliphatic carbocycles. The summed E-state index contributed by atoms with van der Waals surface area (Å²) in [6.07, 6.45) is 5.93. The van der Waals surface area contributed by atoms with E-state index in [1.807, 2.05) is 24.3 Å². The molecule has 5 heteroatoms. The monoisotopic (exact) mass is 379 g/mol. The van der Waals surface area contributed by atoms with Gasteiger partial charge in [-0.1, -0.05) is 64.3 Å². The molecule has 1 aliphatic rings. The van der Waals surface area contributed by atoms with Crippen molar-refractivity contribution in [2.45, 2.75) is 76.2 Å². The van der Waals surface area contributed by atoms with E-state index in [-0.39, 0.29) is 17.1 Å². The summed E-state index contributed by atoms with van der Waals surface area (Å²) >= 11 is 0. The average molecular weight is 380 g/mol. The molecular formula is C21H33NO3S. The lowest BCUT2D eigenvalue weighted by molar-refractivity contribution is -0.120. The Morgan fingerprint density at radius 2 is 1.69 bits per heavy atom. The second-order valence-corrected chi connectivity index (χ2v) is 11.0. The fourth-order valence-corrected chi connectivity index (χ4v) is 4.72. The quantitative estimate of drug-likeness (QED) is 0.813. The molecule has 0 aliphatic heterocycles. The molecule has 0 radical (unpaired) electrons. The first-order chi connectivity index (χ1) is 12.1. The lowest BCUT2D eigenvalue weighted by atomic mass is 9.87. The van der Waals surface area contributed by atoms with Crippen molar-refractivity contribution < 1.29 is 13.2 Å². The Kier molecular flexibility index (Phi) is 6.89. The molecule has 0 heterocycles. The predicted octanol–water partition coefficient (Wildman–Crippen LogP) is 3.98. The maximum absolute atomic E-state index is 12.6. The molecular weight excluding hydrogens is 346 g/mol. The number of nitrogens with one attached hydrogen (secondary N) is 1. The van der Waals surface area contributed by atoms with E-state index in [1.165, 1.54) is 26.2 Å². The number of rotatable bonds is 6. The van der Waals surface area contributed by atoms with Gasteiger partial charge in [0, 0.05) is 6.54 Å². The Hall–Kier alpha value is -1.36. The summed E-state index contributed by atoms with van der Waals surface area (Å²) in [5.74, 6) is 0.0181. The molecule has 2 rings (SSSR count). The van der Waals surface area contributed by atoms with Crippen molar-refractivity contribution >= 4 is 15.7 Å². The molecule has 1 N–H and O–H groups in total. The van der Waals surface area contributed by atoms with Crippen LogP contribution in [0.2, 0.25) is 0 Å². The van der Waals surface area contributed by atoms with Gasteiger partial charge in [-0.05, 0) is 42.2 Å². The van der Waals surface area contributed by atoms with Crippen LogP contribution in [-0.2, 0) is 25.8 Å². The van der Waals surface area contributed by atoms with Gasteiger partial charge in [-0.3, -0.25) is 4.79 Å². The summed E-state index contributed by atoms with van der Waals surface area (Å²) < 4.78 is 25.2. The fourth-order valence-electron chi connectivity index (χ4n) is 3.40. The Morgan fingerprint density at radius 1 is 1.12 bits per heavy atom. The Labute approximate surface area is 158 Å². The zero-order valence-corrected chi connectivity index (χ0v) is 17.4. The van der Waals surface area contributed by atoms with E-state index in [0.717, 1.165) is 24.0 Å². The summed E-state index contributed by atoms with van der Waals surface area (Å²) in [6, 6.07) is 7.65. The third-order valence-electron chi connectivity index (χ3n) is 5.39. The normalized spacial score (nSPS) is 17.7. The summed E-state index contributed by atoms with van der Waals surface area (Å²) in [5.41, 5.74) is 1.92. The first-order valence-electron chi connectivity index (χ1n) is 9.68. The van der Waals surface area contributed by atoms with Crippen molar-refractivity contribution in [2.75, 3.05) is 6.54 Å². The van der Waals surface area contributed by atoms with E-state index in [0.29, 0.717) is 12.5 Å². The zero-order valence-electron chi connectivity index (χ0n) is 16.5. The SMILES string of the molecule is CC(C(=O)NCC1CCCCC1)S(=O)(=O)Cc1ccc(C(C)(C)C)cc1. The molecule has 26 heavy (non-hydrogen) atoms. The molecule has 1 aromatic rings. The van der Waals surface area contributed by atoms with E-state index in [4.69, 9.17) is 0 Å². The minimum Gasteiger partial charge on any atom is -0.355 e. The van der Waals surface area contributed by atoms with Crippen LogP contribution in [0.1, 0.15) is 70.9 Å². The van der Waals surface area contributed by atoms with Crippen LogP contribution in [0.25, 0.3) is 0 Å². The second kappa shape index (κ2) is 8.55. The van der Waals surface area contributed by atoms with Gasteiger partial charge in [0.25, 0.3) is 0 Å². The van der Waals surface area contributed by atoms with Crippen molar-refractivity contribution in [3.8, 4) is 0 Å². The van der Waals surface area contributed by atoms with Crippen LogP contribution in [0.3, 0.4) is 0 Å². The number of carbonyl (C=O) groups excluding carboxylic acids is 1. The molecule has 0 spiro atoms. The van der Waals surface area contributed by atoms with Crippen LogP contribution < -0.4 is 5.32 Å². The van der Waals surface area contributed by atoms with Gasteiger partial charge in [-0.25, -0.2) is 8.42 Å². The summed E-state index contributed by atoms with van der Waals surface area (Å²) in [4.78, 5) is 12.3. The van der Waals surface area contributed by atoms with Gasteiger partial charge in [0.1, 0.15) is 5.25 Å². The van der Waals surface area contributed by atoms with Crippen LogP contribution in [-0.4, -0.2) is 26.1 Å². The van der Waals surface area contributed by atoms with Crippen LogP contribution in [0.15, 0.2) is 24.3 Å². The standard InChI is InChI=1S/C21H33NO3S/c1-16(20(23)22-14-17-8-6-5-7-9-17)26(24,25)15-18-10-12-19(13-11-18)21(2,3)4/h10-13,16-17H,5-9,14-15H2,1-4H3,(H,22,23). The number of benzene rings is 1. The van der Waals surface area contributed by atoms with Crippen molar-refractivity contribution in [3.63, 3.8) is 0 Å². The van der Waals surface area contributed by atoms with Crippen molar-refractivity contribution in [2.24, 2.45) is 5.92 Å². The van der Waals surface area contributed by atoms with Crippen molar-refractivity contribution in [1.82, 2.24) is 5.32 Å². The summed E-state index contributed by atoms with van der Waals surface area (Å²) in [7, 11) is -3.53. The molecule has 146 valence electrons. The molecule has 1 amide bonds. The topological polar surface area (TPSA) is 63.2 Å². The van der Waals surface area contributed by atoms with E-state index >= 15 is 0 Å². The number of carbonyl (C=O) groups is 1. The third kappa shape index (κ3) is 5.83. The van der Waals surface area contributed by atoms with E-state index in [1.54, 1.807) is 0 Å². The summed E-state index contributed by atoms with van der Waals surface area (Å²) in [6.45, 7) is 8.46. The van der Waals surface area contributed by atoms with Crippen LogP contribution in [0.4, 0.5) is 0 Å². The largest absolute Gasteiger partial charge is 0.355 e. The fraction of sp³-hybridized carbons (Fsp3) is 0.667. The number of hydrogen-bond acceptors (Lipinski definition) is 3. The lowest BCUT2D eigenvalue weighted by Gasteiger charge is -2.22. The van der Waals surface area contributed by atoms with Crippen LogP contribution in [0, 0.1) is 5.92 Å². The van der Waals surface area contributed by atoms with Gasteiger partial charge >= 0.3 is 0 Å². The molecule has 1 fully saturated rings. The van der Waals surface area contributed by atoms with Gasteiger partial charge in [-0.15, -0.1) is 0 Å². The number of amides is 1. The van der Waals surface area contributed by atoms with Crippen LogP contribution in [0.5, 0.6) is 0 Å². The molecule has 4 nitrogen and oxygen atoms in total. The van der Waals surface area contributed by atoms with Gasteiger partial charge in [0.15, 0.2) is 9.84 Å². The van der Waals surface area contributed by atoms with Gasteiger partial charge in [0.2, 0.25) is 5.91 Å². The first-order valence-corrected chi connectivity index (χ1v) is 11.4. The molecule has 0 saturated heterocycles. The molecule has 0 aromatic heterocycles. The van der Waals surface area contributed by atoms with E-state index < -0.39 is 15.1 Å². The summed E-state index contributed by atoms with van der Waals surface area (Å²) in [5, 5.41) is 1.83. The highest BCUT2D eigenvalue weighted by atomic mass is 32.2. The van der Waals surface area contributed by atoms with Gasteiger partial charge < -0.3 is 5.32 Å². The minimum atomic E-state index is -3.53. The highest BCUT2D eigenvalue weighted by Crippen LogP contribution is 2.24. The zero-order chi connectivity index (χ0) is 19.4. The third-order valence-corrected chi connectivity index (χ3v) is 7.41. The van der Waals surface area contributed by atoms with E-state index in [2.05, 4.69) is 26.1 Å². The van der Waals surface area contributed by atoms with Gasteiger partial charge in [-0.2, -0.15) is 0 Å². The van der Waals surface area contributed by atoms with E-state index in [9.17, 15) is 13.2 Å². The Bertz CT molecular complexity index is 696. The highest BCUT2D eigenvalue weighted by Gasteiger charge is 2.28. The molecule has 1 atom stereocenters. The maximum Gasteiger partial charge on any atom is 0.238 e. The Morgan fingerprint density at radius 3 is 2.23 bits per heavy atom. The molecule has 1 unspecified atom stereocenters. The predicted molar refractivity (Wildman–Crippen MR) is 107 cm³/mol. The second-order valence-electron chi connectivity index (χ2n) is 8.65. The van der Waals surface area contributed by atoms with Crippen LogP contribution >= 0.6 is 0 Å². The maximum atomic E-state index is 12.6. The molecule has 0 bridgehead atoms. The average Bonchev–Trinajstić information content (AvgIpc) is 2.59. The molecule has 1 aromatic carbocycles. The Balaban J connectivity index is 1.93. The minimum absolute atomic E-state index is 0.0314.